The van der Waals surface area contributed by atoms with Gasteiger partial charge < -0.3 is 4.74 Å². The van der Waals surface area contributed by atoms with Crippen molar-refractivity contribution in [3.63, 3.8) is 0 Å². The van der Waals surface area contributed by atoms with E-state index in [-0.39, 0.29) is 11.7 Å². The minimum absolute atomic E-state index is 0.132. The summed E-state index contributed by atoms with van der Waals surface area (Å²) in [6.45, 7) is 1.44. The number of nitrogens with zero attached hydrogens (tertiary/aromatic N) is 2. The van der Waals surface area contributed by atoms with Crippen molar-refractivity contribution in [3.05, 3.63) is 53.7 Å². The van der Waals surface area contributed by atoms with Gasteiger partial charge in [0.2, 0.25) is 5.88 Å². The maximum atomic E-state index is 11.4. The highest BCUT2D eigenvalue weighted by atomic mass is 16.5. The zero-order valence-electron chi connectivity index (χ0n) is 9.75. The normalized spacial score (nSPS) is 9.56. The summed E-state index contributed by atoms with van der Waals surface area (Å²) in [7, 11) is 0. The van der Waals surface area contributed by atoms with Crippen molar-refractivity contribution in [2.45, 2.75) is 6.92 Å². The monoisotopic (exact) mass is 238 g/mol. The Labute approximate surface area is 104 Å². The van der Waals surface area contributed by atoms with Gasteiger partial charge in [-0.1, -0.05) is 12.1 Å². The second-order valence-electron chi connectivity index (χ2n) is 3.62. The molecule has 88 valence electrons. The molecule has 18 heavy (non-hydrogen) atoms. The van der Waals surface area contributed by atoms with E-state index in [0.29, 0.717) is 16.9 Å². The van der Waals surface area contributed by atoms with Crippen LogP contribution < -0.4 is 4.74 Å². The van der Waals surface area contributed by atoms with Crippen molar-refractivity contribution >= 4 is 5.78 Å². The molecular formula is C14H10N2O2. The van der Waals surface area contributed by atoms with Crippen molar-refractivity contribution in [1.29, 1.82) is 5.26 Å². The van der Waals surface area contributed by atoms with Crippen LogP contribution >= 0.6 is 0 Å². The molecule has 0 aliphatic heterocycles. The SMILES string of the molecule is CC(=O)c1cccnc1Oc1ccccc1C#N. The minimum Gasteiger partial charge on any atom is -0.437 e. The molecule has 0 aliphatic rings. The highest BCUT2D eigenvalue weighted by Gasteiger charge is 2.11. The quantitative estimate of drug-likeness (QED) is 0.771. The predicted octanol–water partition coefficient (Wildman–Crippen LogP) is 2.95. The van der Waals surface area contributed by atoms with Gasteiger partial charge in [0.25, 0.3) is 0 Å². The molecule has 0 N–H and O–H groups in total. The Balaban J connectivity index is 2.41. The topological polar surface area (TPSA) is 63.0 Å². The molecule has 1 heterocycles. The first-order valence-corrected chi connectivity index (χ1v) is 5.35. The average Bonchev–Trinajstić information content (AvgIpc) is 2.40. The molecule has 1 aromatic carbocycles. The number of hydrogen-bond donors (Lipinski definition) is 0. The lowest BCUT2D eigenvalue weighted by atomic mass is 10.2. The van der Waals surface area contributed by atoms with Gasteiger partial charge in [-0.25, -0.2) is 4.98 Å². The number of Topliss-reactive ketones (excluding diaryl/α,β-unsaturated/α-hetero) is 1. The fourth-order valence-electron chi connectivity index (χ4n) is 1.49. The van der Waals surface area contributed by atoms with E-state index >= 15 is 0 Å². The van der Waals surface area contributed by atoms with Gasteiger partial charge in [0.15, 0.2) is 5.78 Å². The Kier molecular flexibility index (Phi) is 3.35. The van der Waals surface area contributed by atoms with Crippen molar-refractivity contribution in [1.82, 2.24) is 4.98 Å². The standard InChI is InChI=1S/C14H10N2O2/c1-10(17)12-6-4-8-16-14(12)18-13-7-3-2-5-11(13)9-15/h2-8H,1H3. The molecule has 0 unspecified atom stereocenters. The van der Waals surface area contributed by atoms with Crippen molar-refractivity contribution in [2.24, 2.45) is 0 Å². The Hall–Kier alpha value is -2.67. The zero-order chi connectivity index (χ0) is 13.0. The van der Waals surface area contributed by atoms with Crippen LogP contribution in [-0.2, 0) is 0 Å². The average molecular weight is 238 g/mol. The third-order valence-corrected chi connectivity index (χ3v) is 2.36. The van der Waals surface area contributed by atoms with Gasteiger partial charge >= 0.3 is 0 Å². The summed E-state index contributed by atoms with van der Waals surface area (Å²) in [5.41, 5.74) is 0.794. The number of benzene rings is 1. The smallest absolute Gasteiger partial charge is 0.230 e. The molecule has 0 saturated heterocycles. The first-order chi connectivity index (χ1) is 8.72. The van der Waals surface area contributed by atoms with Gasteiger partial charge in [0.1, 0.15) is 11.8 Å². The van der Waals surface area contributed by atoms with Crippen LogP contribution in [0.15, 0.2) is 42.6 Å². The summed E-state index contributed by atoms with van der Waals surface area (Å²) in [6, 6.07) is 12.1. The molecule has 0 amide bonds. The molecule has 0 spiro atoms. The number of rotatable bonds is 3. The Morgan fingerprint density at radius 3 is 2.78 bits per heavy atom. The molecule has 0 radical (unpaired) electrons. The Morgan fingerprint density at radius 1 is 1.28 bits per heavy atom. The van der Waals surface area contributed by atoms with Crippen LogP contribution in [0.4, 0.5) is 0 Å². The zero-order valence-corrected chi connectivity index (χ0v) is 9.75. The first kappa shape index (κ1) is 11.8. The highest BCUT2D eigenvalue weighted by molar-refractivity contribution is 5.96. The van der Waals surface area contributed by atoms with E-state index in [4.69, 9.17) is 10.00 Å². The van der Waals surface area contributed by atoms with E-state index in [0.717, 1.165) is 0 Å². The molecule has 0 aliphatic carbocycles. The number of carbonyl (C=O) groups is 1. The number of ketones is 1. The van der Waals surface area contributed by atoms with E-state index < -0.39 is 0 Å². The molecule has 1 aromatic heterocycles. The summed E-state index contributed by atoms with van der Waals surface area (Å²) in [4.78, 5) is 15.4. The Bertz CT molecular complexity index is 630. The van der Waals surface area contributed by atoms with Gasteiger partial charge in [0, 0.05) is 6.20 Å². The second-order valence-corrected chi connectivity index (χ2v) is 3.62. The number of para-hydroxylation sites is 1. The van der Waals surface area contributed by atoms with Crippen molar-refractivity contribution in [2.75, 3.05) is 0 Å². The summed E-state index contributed by atoms with van der Waals surface area (Å²) in [5, 5.41) is 8.96. The van der Waals surface area contributed by atoms with Gasteiger partial charge in [-0.3, -0.25) is 4.79 Å². The second kappa shape index (κ2) is 5.11. The number of pyridine rings is 1. The van der Waals surface area contributed by atoms with Gasteiger partial charge in [0.05, 0.1) is 11.1 Å². The molecule has 2 aromatic rings. The summed E-state index contributed by atoms with van der Waals surface area (Å²) in [5.74, 6) is 0.474. The molecule has 0 saturated carbocycles. The lowest BCUT2D eigenvalue weighted by Crippen LogP contribution is -1.99. The van der Waals surface area contributed by atoms with Crippen LogP contribution in [0.5, 0.6) is 11.6 Å². The van der Waals surface area contributed by atoms with Gasteiger partial charge in [-0.05, 0) is 31.2 Å². The van der Waals surface area contributed by atoms with E-state index in [2.05, 4.69) is 4.98 Å². The van der Waals surface area contributed by atoms with E-state index in [1.54, 1.807) is 36.4 Å². The lowest BCUT2D eigenvalue weighted by Gasteiger charge is -2.08. The largest absolute Gasteiger partial charge is 0.437 e. The van der Waals surface area contributed by atoms with Crippen LogP contribution in [-0.4, -0.2) is 10.8 Å². The number of carbonyl (C=O) groups excluding carboxylic acids is 1. The number of ether oxygens (including phenoxy) is 1. The maximum Gasteiger partial charge on any atom is 0.230 e. The van der Waals surface area contributed by atoms with Crippen LogP contribution in [0, 0.1) is 11.3 Å². The maximum absolute atomic E-state index is 11.4. The Morgan fingerprint density at radius 2 is 2.06 bits per heavy atom. The molecular weight excluding hydrogens is 228 g/mol. The molecule has 2 rings (SSSR count). The predicted molar refractivity (Wildman–Crippen MR) is 65.5 cm³/mol. The number of nitriles is 1. The lowest BCUT2D eigenvalue weighted by molar-refractivity contribution is 0.101. The summed E-state index contributed by atoms with van der Waals surface area (Å²) >= 11 is 0. The first-order valence-electron chi connectivity index (χ1n) is 5.35. The van der Waals surface area contributed by atoms with Gasteiger partial charge in [-0.15, -0.1) is 0 Å². The molecule has 4 heteroatoms. The fraction of sp³-hybridized carbons (Fsp3) is 0.0714. The number of aromatic nitrogens is 1. The molecule has 0 fully saturated rings. The summed E-state index contributed by atoms with van der Waals surface area (Å²) < 4.78 is 5.54. The molecule has 4 nitrogen and oxygen atoms in total. The minimum atomic E-state index is -0.132. The van der Waals surface area contributed by atoms with Crippen LogP contribution in [0.25, 0.3) is 0 Å². The third kappa shape index (κ3) is 2.36. The summed E-state index contributed by atoms with van der Waals surface area (Å²) in [6.07, 6.45) is 1.54. The van der Waals surface area contributed by atoms with Crippen LogP contribution in [0.1, 0.15) is 22.8 Å². The highest BCUT2D eigenvalue weighted by Crippen LogP contribution is 2.25. The van der Waals surface area contributed by atoms with Gasteiger partial charge in [-0.2, -0.15) is 5.26 Å². The van der Waals surface area contributed by atoms with E-state index in [1.165, 1.54) is 13.1 Å². The van der Waals surface area contributed by atoms with Crippen LogP contribution in [0.3, 0.4) is 0 Å². The fourth-order valence-corrected chi connectivity index (χ4v) is 1.49. The van der Waals surface area contributed by atoms with Crippen molar-refractivity contribution < 1.29 is 9.53 Å². The molecule has 0 bridgehead atoms. The van der Waals surface area contributed by atoms with Crippen molar-refractivity contribution in [3.8, 4) is 17.7 Å². The molecule has 0 atom stereocenters. The van der Waals surface area contributed by atoms with E-state index in [9.17, 15) is 4.79 Å². The number of hydrogen-bond acceptors (Lipinski definition) is 4. The van der Waals surface area contributed by atoms with Crippen LogP contribution in [0.2, 0.25) is 0 Å². The van der Waals surface area contributed by atoms with E-state index in [1.807, 2.05) is 6.07 Å². The third-order valence-electron chi connectivity index (χ3n) is 2.36.